The molecule has 0 unspecified atom stereocenters. The lowest BCUT2D eigenvalue weighted by atomic mass is 10.4. The molecule has 0 aromatic carbocycles. The summed E-state index contributed by atoms with van der Waals surface area (Å²) in [5.74, 6) is -0.0675. The van der Waals surface area contributed by atoms with E-state index < -0.39 is 0 Å². The summed E-state index contributed by atoms with van der Waals surface area (Å²) in [7, 11) is 5.57. The molecule has 0 aliphatic rings. The maximum absolute atomic E-state index is 11.8. The van der Waals surface area contributed by atoms with E-state index in [2.05, 4.69) is 10.3 Å². The fraction of sp³-hybridized carbons (Fsp3) is 0.636. The molecule has 1 heterocycles. The number of aromatic nitrogens is 1. The maximum Gasteiger partial charge on any atom is 0.263 e. The van der Waals surface area contributed by atoms with Gasteiger partial charge in [-0.2, -0.15) is 0 Å². The number of carbonyl (C=O) groups excluding carboxylic acids is 1. The summed E-state index contributed by atoms with van der Waals surface area (Å²) in [6, 6.07) is 0. The van der Waals surface area contributed by atoms with Crippen molar-refractivity contribution >= 4 is 17.2 Å². The molecule has 1 aromatic heterocycles. The van der Waals surface area contributed by atoms with Gasteiger partial charge in [0.25, 0.3) is 5.91 Å². The molecule has 1 N–H and O–H groups in total. The van der Waals surface area contributed by atoms with Crippen LogP contribution in [0.5, 0.6) is 0 Å². The molecular weight excluding hydrogens is 238 g/mol. The highest BCUT2D eigenvalue weighted by atomic mass is 32.1. The largest absolute Gasteiger partial charge is 0.383 e. The van der Waals surface area contributed by atoms with Crippen LogP contribution in [0.1, 0.15) is 20.4 Å². The molecule has 0 atom stereocenters. The van der Waals surface area contributed by atoms with Gasteiger partial charge in [-0.3, -0.25) is 4.79 Å². The van der Waals surface area contributed by atoms with Gasteiger partial charge in [0, 0.05) is 20.2 Å². The van der Waals surface area contributed by atoms with Gasteiger partial charge in [-0.1, -0.05) is 0 Å². The highest BCUT2D eigenvalue weighted by molar-refractivity contribution is 7.13. The van der Waals surface area contributed by atoms with Crippen molar-refractivity contribution in [3.8, 4) is 0 Å². The zero-order chi connectivity index (χ0) is 12.8. The van der Waals surface area contributed by atoms with Gasteiger partial charge in [0.15, 0.2) is 0 Å². The summed E-state index contributed by atoms with van der Waals surface area (Å²) in [6.45, 7) is 3.67. The third kappa shape index (κ3) is 4.41. The first-order valence-electron chi connectivity index (χ1n) is 5.42. The highest BCUT2D eigenvalue weighted by Gasteiger charge is 2.14. The molecule has 0 aliphatic heterocycles. The quantitative estimate of drug-likeness (QED) is 0.769. The van der Waals surface area contributed by atoms with Crippen molar-refractivity contribution in [3.63, 3.8) is 0 Å². The molecule has 0 radical (unpaired) electrons. The van der Waals surface area contributed by atoms with Crippen LogP contribution in [0.3, 0.4) is 0 Å². The summed E-state index contributed by atoms with van der Waals surface area (Å²) in [5, 5.41) is 3.76. The Hall–Kier alpha value is -0.980. The van der Waals surface area contributed by atoms with E-state index in [1.807, 2.05) is 25.9 Å². The van der Waals surface area contributed by atoms with Gasteiger partial charge in [0.1, 0.15) is 9.88 Å². The standard InChI is InChI=1S/C11H19N3O2S/c1-8-10(11(15)12-5-6-16-4)17-9(13-8)7-14(2)3/h5-7H2,1-4H3,(H,12,15). The van der Waals surface area contributed by atoms with E-state index in [9.17, 15) is 4.79 Å². The number of hydrogen-bond acceptors (Lipinski definition) is 5. The van der Waals surface area contributed by atoms with Crippen molar-refractivity contribution < 1.29 is 9.53 Å². The Bertz CT molecular complexity index is 377. The van der Waals surface area contributed by atoms with E-state index >= 15 is 0 Å². The Labute approximate surface area is 106 Å². The third-order valence-corrected chi connectivity index (χ3v) is 3.23. The first-order chi connectivity index (χ1) is 8.04. The van der Waals surface area contributed by atoms with Crippen molar-refractivity contribution in [1.82, 2.24) is 15.2 Å². The molecule has 6 heteroatoms. The fourth-order valence-electron chi connectivity index (χ4n) is 1.35. The minimum Gasteiger partial charge on any atom is -0.383 e. The van der Waals surface area contributed by atoms with Gasteiger partial charge in [0.05, 0.1) is 12.3 Å². The van der Waals surface area contributed by atoms with E-state index in [1.54, 1.807) is 7.11 Å². The van der Waals surface area contributed by atoms with Crippen LogP contribution in [-0.4, -0.2) is 50.1 Å². The Kier molecular flexibility index (Phi) is 5.54. The van der Waals surface area contributed by atoms with Crippen LogP contribution < -0.4 is 5.32 Å². The Morgan fingerprint density at radius 3 is 2.82 bits per heavy atom. The molecule has 1 rings (SSSR count). The van der Waals surface area contributed by atoms with Crippen LogP contribution in [0, 0.1) is 6.92 Å². The van der Waals surface area contributed by atoms with Crippen molar-refractivity contribution in [2.45, 2.75) is 13.5 Å². The van der Waals surface area contributed by atoms with Crippen LogP contribution >= 0.6 is 11.3 Å². The number of rotatable bonds is 6. The van der Waals surface area contributed by atoms with E-state index in [1.165, 1.54) is 11.3 Å². The number of nitrogens with one attached hydrogen (secondary N) is 1. The predicted octanol–water partition coefficient (Wildman–Crippen LogP) is 0.889. The van der Waals surface area contributed by atoms with Crippen LogP contribution in [0.15, 0.2) is 0 Å². The zero-order valence-electron chi connectivity index (χ0n) is 10.7. The van der Waals surface area contributed by atoms with Crippen molar-refractivity contribution in [2.24, 2.45) is 0 Å². The molecule has 1 amide bonds. The molecule has 5 nitrogen and oxygen atoms in total. The van der Waals surface area contributed by atoms with Gasteiger partial charge in [-0.25, -0.2) is 4.98 Å². The zero-order valence-corrected chi connectivity index (χ0v) is 11.6. The number of nitrogens with zero attached hydrogens (tertiary/aromatic N) is 2. The first-order valence-corrected chi connectivity index (χ1v) is 6.24. The lowest BCUT2D eigenvalue weighted by Gasteiger charge is -2.05. The lowest BCUT2D eigenvalue weighted by Crippen LogP contribution is -2.26. The molecule has 0 aliphatic carbocycles. The molecule has 0 fully saturated rings. The van der Waals surface area contributed by atoms with Crippen LogP contribution in [0.4, 0.5) is 0 Å². The summed E-state index contributed by atoms with van der Waals surface area (Å²) in [5.41, 5.74) is 0.793. The van der Waals surface area contributed by atoms with Crippen LogP contribution in [-0.2, 0) is 11.3 Å². The molecule has 0 saturated heterocycles. The maximum atomic E-state index is 11.8. The number of ether oxygens (including phenoxy) is 1. The second kappa shape index (κ2) is 6.68. The minimum atomic E-state index is -0.0675. The van der Waals surface area contributed by atoms with Gasteiger partial charge >= 0.3 is 0 Å². The van der Waals surface area contributed by atoms with Gasteiger partial charge in [-0.05, 0) is 21.0 Å². The normalized spacial score (nSPS) is 10.9. The van der Waals surface area contributed by atoms with Gasteiger partial charge in [-0.15, -0.1) is 11.3 Å². The number of carbonyl (C=O) groups is 1. The van der Waals surface area contributed by atoms with Gasteiger partial charge in [0.2, 0.25) is 0 Å². The summed E-state index contributed by atoms with van der Waals surface area (Å²) >= 11 is 1.45. The van der Waals surface area contributed by atoms with Crippen molar-refractivity contribution in [2.75, 3.05) is 34.4 Å². The average Bonchev–Trinajstić information content (AvgIpc) is 2.58. The number of methoxy groups -OCH3 is 1. The third-order valence-electron chi connectivity index (χ3n) is 2.09. The second-order valence-corrected chi connectivity index (χ2v) is 5.09. The molecule has 17 heavy (non-hydrogen) atoms. The number of hydrogen-bond donors (Lipinski definition) is 1. The van der Waals surface area contributed by atoms with E-state index in [4.69, 9.17) is 4.74 Å². The monoisotopic (exact) mass is 257 g/mol. The number of thiazole rings is 1. The Balaban J connectivity index is 2.63. The highest BCUT2D eigenvalue weighted by Crippen LogP contribution is 2.18. The van der Waals surface area contributed by atoms with E-state index in [-0.39, 0.29) is 5.91 Å². The number of aryl methyl sites for hydroxylation is 1. The first kappa shape index (κ1) is 14.1. The Morgan fingerprint density at radius 1 is 1.53 bits per heavy atom. The van der Waals surface area contributed by atoms with Crippen molar-refractivity contribution in [1.29, 1.82) is 0 Å². The SMILES string of the molecule is COCCNC(=O)c1sc(CN(C)C)nc1C. The fourth-order valence-corrected chi connectivity index (χ4v) is 2.45. The van der Waals surface area contributed by atoms with Crippen LogP contribution in [0.2, 0.25) is 0 Å². The smallest absolute Gasteiger partial charge is 0.263 e. The van der Waals surface area contributed by atoms with E-state index in [0.29, 0.717) is 18.0 Å². The second-order valence-electron chi connectivity index (χ2n) is 4.01. The van der Waals surface area contributed by atoms with Gasteiger partial charge < -0.3 is 15.0 Å². The summed E-state index contributed by atoms with van der Waals surface area (Å²) in [4.78, 5) is 18.9. The molecular formula is C11H19N3O2S. The number of amides is 1. The molecule has 0 bridgehead atoms. The van der Waals surface area contributed by atoms with Crippen LogP contribution in [0.25, 0.3) is 0 Å². The minimum absolute atomic E-state index is 0.0675. The molecule has 1 aromatic rings. The summed E-state index contributed by atoms with van der Waals surface area (Å²) in [6.07, 6.45) is 0. The molecule has 0 saturated carbocycles. The summed E-state index contributed by atoms with van der Waals surface area (Å²) < 4.78 is 4.88. The van der Waals surface area contributed by atoms with Crippen molar-refractivity contribution in [3.05, 3.63) is 15.6 Å². The average molecular weight is 257 g/mol. The molecule has 96 valence electrons. The topological polar surface area (TPSA) is 54.5 Å². The molecule has 0 spiro atoms. The lowest BCUT2D eigenvalue weighted by molar-refractivity contribution is 0.0940. The predicted molar refractivity (Wildman–Crippen MR) is 68.5 cm³/mol. The Morgan fingerprint density at radius 2 is 2.24 bits per heavy atom. The van der Waals surface area contributed by atoms with E-state index in [0.717, 1.165) is 17.2 Å².